The molecule has 0 fully saturated rings. The third-order valence-corrected chi connectivity index (χ3v) is 3.77. The molecule has 0 amide bonds. The number of nitrogens with zero attached hydrogens (tertiary/aromatic N) is 2. The predicted octanol–water partition coefficient (Wildman–Crippen LogP) is 4.34. The van der Waals surface area contributed by atoms with Crippen LogP contribution >= 0.6 is 11.6 Å². The molecule has 0 aliphatic carbocycles. The Morgan fingerprint density at radius 2 is 1.81 bits per heavy atom. The molecule has 21 heavy (non-hydrogen) atoms. The minimum atomic E-state index is 0.656. The fourth-order valence-corrected chi connectivity index (χ4v) is 2.58. The molecule has 0 bridgehead atoms. The van der Waals surface area contributed by atoms with E-state index in [1.165, 1.54) is 5.56 Å². The maximum atomic E-state index is 6.12. The topological polar surface area (TPSA) is 43.8 Å². The highest BCUT2D eigenvalue weighted by molar-refractivity contribution is 6.30. The van der Waals surface area contributed by atoms with E-state index in [2.05, 4.69) is 24.2 Å². The van der Waals surface area contributed by atoms with Crippen LogP contribution in [0.1, 0.15) is 12.5 Å². The highest BCUT2D eigenvalue weighted by Gasteiger charge is 2.14. The van der Waals surface area contributed by atoms with E-state index in [9.17, 15) is 0 Å². The normalized spacial score (nSPS) is 10.8. The van der Waals surface area contributed by atoms with Gasteiger partial charge >= 0.3 is 0 Å². The van der Waals surface area contributed by atoms with Crippen molar-refractivity contribution in [2.75, 3.05) is 5.73 Å². The maximum Gasteiger partial charge on any atom is 0.0970 e. The van der Waals surface area contributed by atoms with Gasteiger partial charge in [-0.05, 0) is 30.2 Å². The molecule has 0 saturated carbocycles. The Morgan fingerprint density at radius 1 is 1.10 bits per heavy atom. The molecule has 4 heteroatoms. The van der Waals surface area contributed by atoms with Crippen molar-refractivity contribution in [3.8, 4) is 16.9 Å². The smallest absolute Gasteiger partial charge is 0.0970 e. The van der Waals surface area contributed by atoms with E-state index in [0.717, 1.165) is 23.4 Å². The molecular weight excluding hydrogens is 282 g/mol. The summed E-state index contributed by atoms with van der Waals surface area (Å²) in [5.41, 5.74) is 11.0. The van der Waals surface area contributed by atoms with Crippen molar-refractivity contribution in [1.82, 2.24) is 9.78 Å². The van der Waals surface area contributed by atoms with Gasteiger partial charge in [0.25, 0.3) is 0 Å². The molecule has 1 aromatic heterocycles. The first kappa shape index (κ1) is 13.7. The van der Waals surface area contributed by atoms with Crippen LogP contribution in [0, 0.1) is 0 Å². The van der Waals surface area contributed by atoms with Crippen LogP contribution in [-0.2, 0) is 6.42 Å². The number of benzene rings is 2. The van der Waals surface area contributed by atoms with Gasteiger partial charge in [0, 0.05) is 10.6 Å². The Bertz CT molecular complexity index is 760. The molecule has 2 aromatic carbocycles. The number of hydrogen-bond acceptors (Lipinski definition) is 2. The first-order valence-electron chi connectivity index (χ1n) is 6.88. The first-order valence-corrected chi connectivity index (χ1v) is 7.26. The van der Waals surface area contributed by atoms with Gasteiger partial charge in [-0.1, -0.05) is 48.9 Å². The summed E-state index contributed by atoms with van der Waals surface area (Å²) in [6.45, 7) is 2.13. The summed E-state index contributed by atoms with van der Waals surface area (Å²) < 4.78 is 1.90. The molecule has 0 aliphatic rings. The molecule has 2 N–H and O–H groups in total. The highest BCUT2D eigenvalue weighted by Crippen LogP contribution is 2.30. The van der Waals surface area contributed by atoms with Crippen LogP contribution in [-0.4, -0.2) is 9.78 Å². The van der Waals surface area contributed by atoms with E-state index in [0.29, 0.717) is 10.7 Å². The standard InChI is InChI=1S/C17H16ClN3/c1-2-12-5-3-4-6-16(12)21-17(15(19)11-20-21)13-7-9-14(18)10-8-13/h3-11H,2,19H2,1H3. The van der Waals surface area contributed by atoms with Gasteiger partial charge in [-0.2, -0.15) is 5.10 Å². The van der Waals surface area contributed by atoms with Crippen molar-refractivity contribution < 1.29 is 0 Å². The number of halogens is 1. The van der Waals surface area contributed by atoms with Crippen molar-refractivity contribution >= 4 is 17.3 Å². The fourth-order valence-electron chi connectivity index (χ4n) is 2.46. The Labute approximate surface area is 129 Å². The van der Waals surface area contributed by atoms with Gasteiger partial charge in [-0.3, -0.25) is 0 Å². The number of anilines is 1. The van der Waals surface area contributed by atoms with Crippen molar-refractivity contribution in [1.29, 1.82) is 0 Å². The Hall–Kier alpha value is -2.26. The maximum absolute atomic E-state index is 6.12. The quantitative estimate of drug-likeness (QED) is 0.781. The van der Waals surface area contributed by atoms with Gasteiger partial charge in [0.2, 0.25) is 0 Å². The fraction of sp³-hybridized carbons (Fsp3) is 0.118. The van der Waals surface area contributed by atoms with Crippen LogP contribution in [0.4, 0.5) is 5.69 Å². The van der Waals surface area contributed by atoms with Crippen molar-refractivity contribution in [3.05, 3.63) is 65.3 Å². The molecular formula is C17H16ClN3. The molecule has 0 unspecified atom stereocenters. The average Bonchev–Trinajstić information content (AvgIpc) is 2.90. The van der Waals surface area contributed by atoms with Crippen LogP contribution in [0.2, 0.25) is 5.02 Å². The summed E-state index contributed by atoms with van der Waals surface area (Å²) in [6, 6.07) is 15.9. The second-order valence-electron chi connectivity index (χ2n) is 4.85. The van der Waals surface area contributed by atoms with Crippen LogP contribution in [0.5, 0.6) is 0 Å². The third kappa shape index (κ3) is 2.52. The number of rotatable bonds is 3. The van der Waals surface area contributed by atoms with E-state index >= 15 is 0 Å². The van der Waals surface area contributed by atoms with E-state index in [4.69, 9.17) is 17.3 Å². The molecule has 0 radical (unpaired) electrons. The number of nitrogens with two attached hydrogens (primary N) is 1. The summed E-state index contributed by atoms with van der Waals surface area (Å²) in [6.07, 6.45) is 2.63. The van der Waals surface area contributed by atoms with E-state index in [-0.39, 0.29) is 0 Å². The molecule has 0 spiro atoms. The summed E-state index contributed by atoms with van der Waals surface area (Å²) >= 11 is 5.96. The minimum Gasteiger partial charge on any atom is -0.396 e. The number of aryl methyl sites for hydroxylation is 1. The molecule has 0 atom stereocenters. The van der Waals surface area contributed by atoms with Gasteiger partial charge in [0.05, 0.1) is 23.3 Å². The van der Waals surface area contributed by atoms with Gasteiger partial charge < -0.3 is 5.73 Å². The third-order valence-electron chi connectivity index (χ3n) is 3.52. The second-order valence-corrected chi connectivity index (χ2v) is 5.29. The average molecular weight is 298 g/mol. The lowest BCUT2D eigenvalue weighted by Gasteiger charge is -2.12. The summed E-state index contributed by atoms with van der Waals surface area (Å²) in [7, 11) is 0. The van der Waals surface area contributed by atoms with Crippen LogP contribution in [0.3, 0.4) is 0 Å². The Balaban J connectivity index is 2.19. The Morgan fingerprint density at radius 3 is 2.52 bits per heavy atom. The SMILES string of the molecule is CCc1ccccc1-n1ncc(N)c1-c1ccc(Cl)cc1. The molecule has 106 valence electrons. The molecule has 1 heterocycles. The van der Waals surface area contributed by atoms with Crippen LogP contribution in [0.15, 0.2) is 54.7 Å². The number of aromatic nitrogens is 2. The van der Waals surface area contributed by atoms with Crippen LogP contribution in [0.25, 0.3) is 16.9 Å². The summed E-state index contributed by atoms with van der Waals surface area (Å²) in [5.74, 6) is 0. The summed E-state index contributed by atoms with van der Waals surface area (Å²) in [5, 5.41) is 5.16. The van der Waals surface area contributed by atoms with E-state index < -0.39 is 0 Å². The lowest BCUT2D eigenvalue weighted by Crippen LogP contribution is -2.03. The highest BCUT2D eigenvalue weighted by atomic mass is 35.5. The zero-order valence-corrected chi connectivity index (χ0v) is 12.5. The zero-order valence-electron chi connectivity index (χ0n) is 11.8. The van der Waals surface area contributed by atoms with Gasteiger partial charge in [0.1, 0.15) is 0 Å². The molecule has 0 aliphatic heterocycles. The van der Waals surface area contributed by atoms with Crippen molar-refractivity contribution in [2.24, 2.45) is 0 Å². The molecule has 3 rings (SSSR count). The van der Waals surface area contributed by atoms with Gasteiger partial charge in [-0.15, -0.1) is 0 Å². The Kier molecular flexibility index (Phi) is 3.67. The predicted molar refractivity (Wildman–Crippen MR) is 87.8 cm³/mol. The first-order chi connectivity index (χ1) is 10.2. The number of hydrogen-bond donors (Lipinski definition) is 1. The molecule has 3 nitrogen and oxygen atoms in total. The molecule has 0 saturated heterocycles. The second kappa shape index (κ2) is 5.62. The van der Waals surface area contributed by atoms with Gasteiger partial charge in [-0.25, -0.2) is 4.68 Å². The minimum absolute atomic E-state index is 0.656. The number of nitrogen functional groups attached to an aromatic ring is 1. The monoisotopic (exact) mass is 297 g/mol. The zero-order chi connectivity index (χ0) is 14.8. The van der Waals surface area contributed by atoms with E-state index in [1.54, 1.807) is 6.20 Å². The number of para-hydroxylation sites is 1. The molecule has 3 aromatic rings. The summed E-state index contributed by atoms with van der Waals surface area (Å²) in [4.78, 5) is 0. The lowest BCUT2D eigenvalue weighted by molar-refractivity contribution is 0.870. The van der Waals surface area contributed by atoms with Crippen molar-refractivity contribution in [2.45, 2.75) is 13.3 Å². The van der Waals surface area contributed by atoms with E-state index in [1.807, 2.05) is 41.1 Å². The lowest BCUT2D eigenvalue weighted by atomic mass is 10.1. The van der Waals surface area contributed by atoms with Crippen molar-refractivity contribution in [3.63, 3.8) is 0 Å². The largest absolute Gasteiger partial charge is 0.396 e. The van der Waals surface area contributed by atoms with Crippen LogP contribution < -0.4 is 5.73 Å². The van der Waals surface area contributed by atoms with Gasteiger partial charge in [0.15, 0.2) is 0 Å².